The van der Waals surface area contributed by atoms with E-state index in [0.717, 1.165) is 30.7 Å². The number of anilines is 1. The normalized spacial score (nSPS) is 12.0. The summed E-state index contributed by atoms with van der Waals surface area (Å²) < 4.78 is 38.5. The molecule has 0 amide bonds. The third kappa shape index (κ3) is 4.12. The highest BCUT2D eigenvalue weighted by Crippen LogP contribution is 2.36. The average molecular weight is 353 g/mol. The number of alkyl halides is 3. The molecule has 6 heteroatoms. The maximum atomic E-state index is 12.7. The van der Waals surface area contributed by atoms with Crippen LogP contribution < -0.4 is 10.6 Å². The average Bonchev–Trinajstić information content (AvgIpc) is 2.38. The van der Waals surface area contributed by atoms with Crippen LogP contribution in [-0.2, 0) is 6.18 Å². The first-order valence-electron chi connectivity index (χ1n) is 6.68. The van der Waals surface area contributed by atoms with Crippen molar-refractivity contribution in [2.24, 2.45) is 5.73 Å². The van der Waals surface area contributed by atoms with Crippen LogP contribution in [0, 0.1) is 0 Å². The van der Waals surface area contributed by atoms with Crippen molar-refractivity contribution in [3.8, 4) is 0 Å². The molecule has 0 saturated carbocycles. The summed E-state index contributed by atoms with van der Waals surface area (Å²) >= 11 is 3.25. The summed E-state index contributed by atoms with van der Waals surface area (Å²) in [4.78, 5) is 2.07. The van der Waals surface area contributed by atoms with E-state index < -0.39 is 11.7 Å². The van der Waals surface area contributed by atoms with Gasteiger partial charge < -0.3 is 10.6 Å². The van der Waals surface area contributed by atoms with E-state index in [9.17, 15) is 13.2 Å². The Hall–Kier alpha value is -0.750. The minimum atomic E-state index is -4.32. The van der Waals surface area contributed by atoms with Crippen LogP contribution >= 0.6 is 15.9 Å². The molecule has 1 aromatic rings. The molecule has 0 aliphatic heterocycles. The Morgan fingerprint density at radius 3 is 2.25 bits per heavy atom. The van der Waals surface area contributed by atoms with Crippen LogP contribution in [0.25, 0.3) is 0 Å². The van der Waals surface area contributed by atoms with Crippen molar-refractivity contribution in [3.63, 3.8) is 0 Å². The fourth-order valence-corrected chi connectivity index (χ4v) is 2.89. The van der Waals surface area contributed by atoms with Gasteiger partial charge in [0.25, 0.3) is 0 Å². The van der Waals surface area contributed by atoms with E-state index in [-0.39, 0.29) is 6.04 Å². The third-order valence-corrected chi connectivity index (χ3v) is 3.97. The van der Waals surface area contributed by atoms with Crippen molar-refractivity contribution in [3.05, 3.63) is 28.2 Å². The smallest absolute Gasteiger partial charge is 0.366 e. The van der Waals surface area contributed by atoms with Gasteiger partial charge in [-0.05, 0) is 47.0 Å². The first-order valence-corrected chi connectivity index (χ1v) is 7.47. The van der Waals surface area contributed by atoms with Crippen molar-refractivity contribution in [2.75, 3.05) is 18.0 Å². The fraction of sp³-hybridized carbons (Fsp3) is 0.571. The van der Waals surface area contributed by atoms with Crippen LogP contribution in [0.5, 0.6) is 0 Å². The van der Waals surface area contributed by atoms with Gasteiger partial charge in [-0.1, -0.05) is 13.8 Å². The molecule has 0 saturated heterocycles. The highest BCUT2D eigenvalue weighted by molar-refractivity contribution is 9.10. The number of rotatable bonds is 6. The second kappa shape index (κ2) is 7.31. The van der Waals surface area contributed by atoms with Gasteiger partial charge in [0, 0.05) is 23.6 Å². The van der Waals surface area contributed by atoms with Crippen LogP contribution in [0.2, 0.25) is 0 Å². The molecule has 0 aliphatic carbocycles. The number of benzene rings is 1. The lowest BCUT2D eigenvalue weighted by atomic mass is 10.1. The van der Waals surface area contributed by atoms with Crippen molar-refractivity contribution < 1.29 is 13.2 Å². The molecule has 1 rings (SSSR count). The predicted octanol–water partition coefficient (Wildman–Crippen LogP) is 4.42. The minimum Gasteiger partial charge on any atom is -0.366 e. The number of nitrogens with zero attached hydrogens (tertiary/aromatic N) is 1. The molecule has 20 heavy (non-hydrogen) atoms. The van der Waals surface area contributed by atoms with E-state index in [0.29, 0.717) is 17.6 Å². The van der Waals surface area contributed by atoms with Gasteiger partial charge >= 0.3 is 6.18 Å². The van der Waals surface area contributed by atoms with E-state index in [1.54, 1.807) is 0 Å². The van der Waals surface area contributed by atoms with Crippen LogP contribution in [0.15, 0.2) is 22.7 Å². The molecule has 0 unspecified atom stereocenters. The molecule has 0 atom stereocenters. The number of nitrogens with two attached hydrogens (primary N) is 1. The summed E-state index contributed by atoms with van der Waals surface area (Å²) in [5.74, 6) is 0. The van der Waals surface area contributed by atoms with Crippen LogP contribution in [-0.4, -0.2) is 19.1 Å². The Bertz CT molecular complexity index is 431. The van der Waals surface area contributed by atoms with Gasteiger partial charge in [0.1, 0.15) is 0 Å². The largest absolute Gasteiger partial charge is 0.416 e. The second-order valence-electron chi connectivity index (χ2n) is 4.62. The van der Waals surface area contributed by atoms with Gasteiger partial charge in [-0.2, -0.15) is 13.2 Å². The summed E-state index contributed by atoms with van der Waals surface area (Å²) in [5.41, 5.74) is 5.74. The minimum absolute atomic E-state index is 0.270. The van der Waals surface area contributed by atoms with Crippen molar-refractivity contribution in [1.82, 2.24) is 0 Å². The van der Waals surface area contributed by atoms with Crippen LogP contribution in [0.3, 0.4) is 0 Å². The molecule has 0 radical (unpaired) electrons. The highest BCUT2D eigenvalue weighted by Gasteiger charge is 2.31. The van der Waals surface area contributed by atoms with Crippen molar-refractivity contribution in [2.45, 2.75) is 38.9 Å². The lowest BCUT2D eigenvalue weighted by Gasteiger charge is -2.33. The molecule has 2 N–H and O–H groups in total. The molecule has 0 aliphatic rings. The monoisotopic (exact) mass is 352 g/mol. The topological polar surface area (TPSA) is 29.3 Å². The summed E-state index contributed by atoms with van der Waals surface area (Å²) in [7, 11) is 0. The molecule has 0 fully saturated rings. The summed E-state index contributed by atoms with van der Waals surface area (Å²) in [6.07, 6.45) is -2.48. The zero-order valence-electron chi connectivity index (χ0n) is 11.7. The SMILES string of the molecule is CCC(CC)N(CCN)c1ccc(C(F)(F)F)cc1Br. The molecule has 0 spiro atoms. The van der Waals surface area contributed by atoms with E-state index in [1.165, 1.54) is 6.07 Å². The van der Waals surface area contributed by atoms with E-state index in [2.05, 4.69) is 34.7 Å². The van der Waals surface area contributed by atoms with Gasteiger partial charge in [-0.15, -0.1) is 0 Å². The number of hydrogen-bond acceptors (Lipinski definition) is 2. The molecule has 2 nitrogen and oxygen atoms in total. The predicted molar refractivity (Wildman–Crippen MR) is 79.9 cm³/mol. The lowest BCUT2D eigenvalue weighted by molar-refractivity contribution is -0.137. The molecular formula is C14H20BrF3N2. The molecule has 1 aromatic carbocycles. The van der Waals surface area contributed by atoms with Gasteiger partial charge in [0.15, 0.2) is 0 Å². The lowest BCUT2D eigenvalue weighted by Crippen LogP contribution is -2.38. The Balaban J connectivity index is 3.15. The van der Waals surface area contributed by atoms with Crippen molar-refractivity contribution in [1.29, 1.82) is 0 Å². The summed E-state index contributed by atoms with van der Waals surface area (Å²) in [6.45, 7) is 5.21. The van der Waals surface area contributed by atoms with E-state index in [4.69, 9.17) is 5.73 Å². The van der Waals surface area contributed by atoms with Gasteiger partial charge in [-0.3, -0.25) is 0 Å². The zero-order valence-corrected chi connectivity index (χ0v) is 13.3. The maximum absolute atomic E-state index is 12.7. The Kier molecular flexibility index (Phi) is 6.33. The molecular weight excluding hydrogens is 333 g/mol. The number of hydrogen-bond donors (Lipinski definition) is 1. The maximum Gasteiger partial charge on any atom is 0.416 e. The van der Waals surface area contributed by atoms with Gasteiger partial charge in [-0.25, -0.2) is 0 Å². The zero-order chi connectivity index (χ0) is 15.3. The Morgan fingerprint density at radius 1 is 1.25 bits per heavy atom. The summed E-state index contributed by atoms with van der Waals surface area (Å²) in [5, 5.41) is 0. The fourth-order valence-electron chi connectivity index (χ4n) is 2.28. The molecule has 0 bridgehead atoms. The van der Waals surface area contributed by atoms with E-state index in [1.807, 2.05) is 0 Å². The highest BCUT2D eigenvalue weighted by atomic mass is 79.9. The summed E-state index contributed by atoms with van der Waals surface area (Å²) in [6, 6.07) is 4.03. The molecule has 0 heterocycles. The van der Waals surface area contributed by atoms with Gasteiger partial charge in [0.2, 0.25) is 0 Å². The molecule has 0 aromatic heterocycles. The van der Waals surface area contributed by atoms with Crippen LogP contribution in [0.4, 0.5) is 18.9 Å². The van der Waals surface area contributed by atoms with Gasteiger partial charge in [0.05, 0.1) is 11.3 Å². The Morgan fingerprint density at radius 2 is 1.85 bits per heavy atom. The quantitative estimate of drug-likeness (QED) is 0.820. The van der Waals surface area contributed by atoms with Crippen LogP contribution in [0.1, 0.15) is 32.3 Å². The van der Waals surface area contributed by atoms with Crippen molar-refractivity contribution >= 4 is 21.6 Å². The first kappa shape index (κ1) is 17.3. The van der Waals surface area contributed by atoms with E-state index >= 15 is 0 Å². The first-order chi connectivity index (χ1) is 9.35. The molecule has 114 valence electrons. The second-order valence-corrected chi connectivity index (χ2v) is 5.47. The Labute approximate surface area is 126 Å². The number of halogens is 4. The third-order valence-electron chi connectivity index (χ3n) is 3.34. The standard InChI is InChI=1S/C14H20BrF3N2/c1-3-11(4-2)20(8-7-19)13-6-5-10(9-12(13)15)14(16,17)18/h5-6,9,11H,3-4,7-8,19H2,1-2H3.